The van der Waals surface area contributed by atoms with E-state index in [1.165, 1.54) is 26.1 Å². The van der Waals surface area contributed by atoms with Crippen molar-refractivity contribution in [1.82, 2.24) is 0 Å². The van der Waals surface area contributed by atoms with E-state index in [1.54, 1.807) is 0 Å². The first-order valence-corrected chi connectivity index (χ1v) is 6.06. The Morgan fingerprint density at radius 2 is 1.93 bits per heavy atom. The average molecular weight is 289 g/mol. The van der Waals surface area contributed by atoms with Gasteiger partial charge in [0, 0.05) is 0 Å². The third kappa shape index (κ3) is 9.11. The molecule has 80 valence electrons. The molecular formula is C10H11MoNO3. The van der Waals surface area contributed by atoms with Crippen LogP contribution in [0, 0.1) is 11.8 Å². The molecule has 5 heteroatoms. The Morgan fingerprint density at radius 1 is 1.40 bits per heavy atom. The number of hydrogen-bond donors (Lipinski definition) is 0. The van der Waals surface area contributed by atoms with Gasteiger partial charge < -0.3 is 10.5 Å². The van der Waals surface area contributed by atoms with Gasteiger partial charge in [0.1, 0.15) is 0 Å². The first-order valence-electron chi connectivity index (χ1n) is 4.05. The fourth-order valence-electron chi connectivity index (χ4n) is 0.961. The van der Waals surface area contributed by atoms with Crippen molar-refractivity contribution in [2.75, 3.05) is 0 Å². The molecule has 0 bridgehead atoms. The monoisotopic (exact) mass is 291 g/mol. The minimum atomic E-state index is -1.12. The van der Waals surface area contributed by atoms with Crippen LogP contribution in [-0.4, -0.2) is 8.53 Å². The van der Waals surface area contributed by atoms with E-state index < -0.39 is 17.6 Å². The van der Waals surface area contributed by atoms with E-state index in [-0.39, 0.29) is 0 Å². The van der Waals surface area contributed by atoms with Crippen LogP contribution in [0.3, 0.4) is 0 Å². The Morgan fingerprint density at radius 3 is 2.07 bits per heavy atom. The quantitative estimate of drug-likeness (QED) is 0.584. The molecule has 0 unspecified atom stereocenters. The summed E-state index contributed by atoms with van der Waals surface area (Å²) in [4.78, 5) is 25.4. The van der Waals surface area contributed by atoms with E-state index in [4.69, 9.17) is 20.1 Å². The summed E-state index contributed by atoms with van der Waals surface area (Å²) in [5.41, 5.74) is 8.65. The van der Waals surface area contributed by atoms with Crippen molar-refractivity contribution in [2.24, 2.45) is 0 Å². The number of nitrogens with zero attached hydrogens (tertiary/aromatic N) is 1. The number of nitroso groups, excluding NO2 is 1. The van der Waals surface area contributed by atoms with Crippen molar-refractivity contribution >= 4 is 8.53 Å². The van der Waals surface area contributed by atoms with Gasteiger partial charge in [-0.2, -0.15) is 17.2 Å². The fourth-order valence-corrected chi connectivity index (χ4v) is 1.04. The smallest absolute Gasteiger partial charge is 0.423 e. The molecule has 0 radical (unpaired) electrons. The van der Waals surface area contributed by atoms with Crippen molar-refractivity contribution in [3.05, 3.63) is 39.8 Å². The summed E-state index contributed by atoms with van der Waals surface area (Å²) in [5.74, 6) is 0. The molecule has 15 heavy (non-hydrogen) atoms. The molecule has 1 rings (SSSR count). The van der Waals surface area contributed by atoms with Crippen LogP contribution in [0.25, 0.3) is 5.59 Å². The predicted molar refractivity (Wildman–Crippen MR) is 54.3 cm³/mol. The maximum atomic E-state index is 9.08. The number of carbonyl (C=O) groups excluding carboxylic acids is 2. The van der Waals surface area contributed by atoms with Crippen molar-refractivity contribution in [2.45, 2.75) is 20.3 Å². The van der Waals surface area contributed by atoms with Gasteiger partial charge in [0.25, 0.3) is 0 Å². The molecule has 0 aromatic heterocycles. The zero-order valence-corrected chi connectivity index (χ0v) is 10.5. The average Bonchev–Trinajstić information content (AvgIpc) is 2.69. The van der Waals surface area contributed by atoms with Gasteiger partial charge in [0.05, 0.1) is 0 Å². The molecule has 0 aliphatic rings. The zero-order chi connectivity index (χ0) is 12.1. The molecule has 0 saturated carbocycles. The molecule has 0 fully saturated rings. The first-order chi connectivity index (χ1) is 7.26. The summed E-state index contributed by atoms with van der Waals surface area (Å²) in [7, 11) is 0. The van der Waals surface area contributed by atoms with E-state index in [9.17, 15) is 0 Å². The van der Waals surface area contributed by atoms with Gasteiger partial charge in [0.2, 0.25) is 0 Å². The van der Waals surface area contributed by atoms with Gasteiger partial charge in [-0.15, -0.1) is 0 Å². The normalized spacial score (nSPS) is 6.53. The maximum absolute atomic E-state index is 9.08. The molecule has 1 aromatic rings. The van der Waals surface area contributed by atoms with Gasteiger partial charge in [-0.25, -0.2) is 12.1 Å². The summed E-state index contributed by atoms with van der Waals surface area (Å²) in [6, 6.07) is 6.43. The second-order valence-electron chi connectivity index (χ2n) is 2.36. The number of aryl methyl sites for hydroxylation is 2. The second kappa shape index (κ2) is 12.8. The molecule has 1 aromatic carbocycles. The van der Waals surface area contributed by atoms with Crippen molar-refractivity contribution in [3.63, 3.8) is 0 Å². The number of rotatable bonds is 1. The second-order valence-corrected chi connectivity index (χ2v) is 3.68. The molecule has 0 atom stereocenters. The summed E-state index contributed by atoms with van der Waals surface area (Å²) in [6.45, 7) is 4.33. The van der Waals surface area contributed by atoms with Gasteiger partial charge in [-0.1, -0.05) is 20.3 Å². The van der Waals surface area contributed by atoms with Gasteiger partial charge >= 0.3 is 35.8 Å². The Hall–Kier alpha value is -1.20. The van der Waals surface area contributed by atoms with Crippen LogP contribution in [0.4, 0.5) is 0 Å². The van der Waals surface area contributed by atoms with Crippen LogP contribution < -0.4 is 0 Å². The molecule has 0 amide bonds. The summed E-state index contributed by atoms with van der Waals surface area (Å²) >= 11 is -1.12. The Balaban J connectivity index is 0. The van der Waals surface area contributed by atoms with E-state index >= 15 is 0 Å². The molecular weight excluding hydrogens is 278 g/mol. The van der Waals surface area contributed by atoms with Crippen molar-refractivity contribution in [1.29, 1.82) is 0 Å². The van der Waals surface area contributed by atoms with Crippen LogP contribution in [0.1, 0.15) is 18.1 Å². The molecule has 4 nitrogen and oxygen atoms in total. The molecule has 0 saturated heterocycles. The molecule has 0 spiro atoms. The van der Waals surface area contributed by atoms with E-state index in [1.807, 2.05) is 0 Å². The van der Waals surface area contributed by atoms with E-state index in [0.717, 1.165) is 0 Å². The number of hydrogen-bond acceptors (Lipinski definition) is 3. The topological polar surface area (TPSA) is 73.5 Å². The minimum Gasteiger partial charge on any atom is -0.577 e. The molecule has 0 aliphatic carbocycles. The molecule has 0 N–H and O–H groups in total. The summed E-state index contributed by atoms with van der Waals surface area (Å²) in [6.07, 6.45) is 1.17. The van der Waals surface area contributed by atoms with Crippen LogP contribution in [0.15, 0.2) is 18.2 Å². The Labute approximate surface area is 96.0 Å². The molecule has 0 heterocycles. The first kappa shape index (κ1) is 16.2. The standard InChI is InChI=1S/C8H11.2CO.Mo.NO/c1-3-8-6-4-5-7(8)2;2*1-2;;1-2/h4-6H,3H2,1-2H3;;;;/q-1;;;+2;-1. The minimum absolute atomic E-state index is 1.12. The summed E-state index contributed by atoms with van der Waals surface area (Å²) < 4.78 is 2.95. The van der Waals surface area contributed by atoms with Crippen molar-refractivity contribution < 1.29 is 27.2 Å². The van der Waals surface area contributed by atoms with Crippen LogP contribution in [-0.2, 0) is 33.7 Å². The fraction of sp³-hybridized carbons (Fsp3) is 0.300. The Bertz CT molecular complexity index is 358. The zero-order valence-electron chi connectivity index (χ0n) is 8.52. The SMILES string of the molecule is CC[c-]1cccc1C.O=[C]=[Mo+2]=[C]=O.[N-]=O. The van der Waals surface area contributed by atoms with Crippen LogP contribution in [0.2, 0.25) is 0 Å². The van der Waals surface area contributed by atoms with Gasteiger partial charge in [-0.05, 0) is 0 Å². The third-order valence-electron chi connectivity index (χ3n) is 1.61. The van der Waals surface area contributed by atoms with E-state index in [2.05, 4.69) is 32.0 Å². The summed E-state index contributed by atoms with van der Waals surface area (Å²) in [5, 5.41) is 0. The van der Waals surface area contributed by atoms with Crippen LogP contribution >= 0.6 is 0 Å². The third-order valence-corrected chi connectivity index (χ3v) is 2.02. The predicted octanol–water partition coefficient (Wildman–Crippen LogP) is 1.80. The van der Waals surface area contributed by atoms with Gasteiger partial charge in [0.15, 0.2) is 0 Å². The Kier molecular flexibility index (Phi) is 13.9. The van der Waals surface area contributed by atoms with Crippen LogP contribution in [0.5, 0.6) is 0 Å². The van der Waals surface area contributed by atoms with E-state index in [0.29, 0.717) is 0 Å². The molecule has 0 aliphatic heterocycles. The van der Waals surface area contributed by atoms with Gasteiger partial charge in [-0.3, -0.25) is 0 Å². The van der Waals surface area contributed by atoms with Crippen molar-refractivity contribution in [3.8, 4) is 0 Å². The largest absolute Gasteiger partial charge is 0.577 e. The maximum Gasteiger partial charge on any atom is -0.423 e.